The van der Waals surface area contributed by atoms with Crippen LogP contribution < -0.4 is 0 Å². The number of amides is 1. The van der Waals surface area contributed by atoms with Crippen LogP contribution >= 0.6 is 23.1 Å². The summed E-state index contributed by atoms with van der Waals surface area (Å²) in [6.45, 7) is 6.07. The first-order valence-electron chi connectivity index (χ1n) is 9.46. The van der Waals surface area contributed by atoms with Crippen molar-refractivity contribution in [1.82, 2.24) is 15.0 Å². The Morgan fingerprint density at radius 3 is 2.90 bits per heavy atom. The fourth-order valence-corrected chi connectivity index (χ4v) is 4.67. The molecule has 4 rings (SSSR count). The van der Waals surface area contributed by atoms with Crippen LogP contribution in [-0.4, -0.2) is 32.3 Å². The molecule has 0 saturated heterocycles. The summed E-state index contributed by atoms with van der Waals surface area (Å²) < 4.78 is 5.59. The average Bonchev–Trinajstić information content (AvgIpc) is 3.46. The SMILES string of the molecule is Cc1cc(SCC(=O)N2N=C(c3cccs3)C[C@@H]2c2ccco2)nc(C(C)C)n1. The zero-order valence-electron chi connectivity index (χ0n) is 16.5. The number of thioether (sulfide) groups is 1. The Kier molecular flexibility index (Phi) is 5.82. The Hall–Kier alpha value is -2.45. The molecule has 0 spiro atoms. The predicted octanol–water partition coefficient (Wildman–Crippen LogP) is 5.03. The van der Waals surface area contributed by atoms with Gasteiger partial charge in [-0.2, -0.15) is 5.10 Å². The highest BCUT2D eigenvalue weighted by molar-refractivity contribution is 7.99. The molecule has 1 aliphatic heterocycles. The van der Waals surface area contributed by atoms with Gasteiger partial charge in [-0.05, 0) is 36.6 Å². The number of hydrogen-bond acceptors (Lipinski definition) is 7. The molecule has 1 aliphatic rings. The van der Waals surface area contributed by atoms with Crippen molar-refractivity contribution in [3.8, 4) is 0 Å². The number of carbonyl (C=O) groups excluding carboxylic acids is 1. The van der Waals surface area contributed by atoms with Gasteiger partial charge in [0.15, 0.2) is 0 Å². The van der Waals surface area contributed by atoms with Crippen molar-refractivity contribution in [3.63, 3.8) is 0 Å². The first-order valence-corrected chi connectivity index (χ1v) is 11.3. The van der Waals surface area contributed by atoms with Gasteiger partial charge < -0.3 is 4.42 Å². The van der Waals surface area contributed by atoms with Gasteiger partial charge in [0.1, 0.15) is 22.7 Å². The molecule has 1 amide bonds. The fourth-order valence-electron chi connectivity index (χ4n) is 3.13. The number of rotatable bonds is 6. The van der Waals surface area contributed by atoms with Crippen molar-refractivity contribution in [3.05, 3.63) is 64.1 Å². The normalized spacial score (nSPS) is 16.5. The predicted molar refractivity (Wildman–Crippen MR) is 115 cm³/mol. The van der Waals surface area contributed by atoms with E-state index in [0.29, 0.717) is 6.42 Å². The van der Waals surface area contributed by atoms with Gasteiger partial charge >= 0.3 is 0 Å². The Morgan fingerprint density at radius 2 is 2.21 bits per heavy atom. The van der Waals surface area contributed by atoms with E-state index < -0.39 is 0 Å². The molecule has 0 bridgehead atoms. The van der Waals surface area contributed by atoms with Crippen molar-refractivity contribution in [2.45, 2.75) is 44.2 Å². The molecule has 0 aliphatic carbocycles. The highest BCUT2D eigenvalue weighted by Gasteiger charge is 2.35. The van der Waals surface area contributed by atoms with E-state index in [1.165, 1.54) is 11.8 Å². The summed E-state index contributed by atoms with van der Waals surface area (Å²) in [5.41, 5.74) is 1.83. The van der Waals surface area contributed by atoms with E-state index in [9.17, 15) is 4.79 Å². The Bertz CT molecular complexity index is 1010. The molecule has 6 nitrogen and oxygen atoms in total. The van der Waals surface area contributed by atoms with Gasteiger partial charge in [-0.1, -0.05) is 31.7 Å². The lowest BCUT2D eigenvalue weighted by Gasteiger charge is -2.19. The maximum Gasteiger partial charge on any atom is 0.253 e. The standard InChI is InChI=1S/C21H22N4O2S2/c1-13(2)21-22-14(3)10-19(23-21)29-12-20(26)25-16(17-6-4-8-27-17)11-15(24-25)18-7-5-9-28-18/h4-10,13,16H,11-12H2,1-3H3/t16-/m1/s1. The topological polar surface area (TPSA) is 71.6 Å². The van der Waals surface area contributed by atoms with Crippen LogP contribution in [0.2, 0.25) is 0 Å². The third-order valence-corrected chi connectivity index (χ3v) is 6.37. The maximum atomic E-state index is 13.1. The van der Waals surface area contributed by atoms with Crippen LogP contribution in [0.5, 0.6) is 0 Å². The van der Waals surface area contributed by atoms with Crippen LogP contribution in [0.4, 0.5) is 0 Å². The van der Waals surface area contributed by atoms with Crippen molar-refractivity contribution < 1.29 is 9.21 Å². The molecule has 3 aromatic heterocycles. The second kappa shape index (κ2) is 8.51. The second-order valence-electron chi connectivity index (χ2n) is 7.15. The number of aryl methyl sites for hydroxylation is 1. The summed E-state index contributed by atoms with van der Waals surface area (Å²) in [5, 5.41) is 9.04. The summed E-state index contributed by atoms with van der Waals surface area (Å²) in [4.78, 5) is 23.2. The smallest absolute Gasteiger partial charge is 0.253 e. The molecule has 8 heteroatoms. The van der Waals surface area contributed by atoms with E-state index >= 15 is 0 Å². The molecule has 150 valence electrons. The highest BCUT2D eigenvalue weighted by atomic mass is 32.2. The number of furan rings is 1. The molecule has 3 aromatic rings. The number of carbonyl (C=O) groups is 1. The molecule has 4 heterocycles. The van der Waals surface area contributed by atoms with E-state index in [-0.39, 0.29) is 23.6 Å². The number of hydrazone groups is 1. The molecular weight excluding hydrogens is 404 g/mol. The van der Waals surface area contributed by atoms with Crippen molar-refractivity contribution in [2.75, 3.05) is 5.75 Å². The van der Waals surface area contributed by atoms with Crippen molar-refractivity contribution >= 4 is 34.7 Å². The quantitative estimate of drug-likeness (QED) is 0.408. The second-order valence-corrected chi connectivity index (χ2v) is 9.09. The molecule has 1 atom stereocenters. The molecule has 0 N–H and O–H groups in total. The van der Waals surface area contributed by atoms with Crippen molar-refractivity contribution in [2.24, 2.45) is 5.10 Å². The first kappa shape index (κ1) is 19.8. The van der Waals surface area contributed by atoms with E-state index in [1.54, 1.807) is 22.6 Å². The fraction of sp³-hybridized carbons (Fsp3) is 0.333. The van der Waals surface area contributed by atoms with Gasteiger partial charge in [0.25, 0.3) is 5.91 Å². The van der Waals surface area contributed by atoms with Crippen molar-refractivity contribution in [1.29, 1.82) is 0 Å². The molecule has 0 saturated carbocycles. The average molecular weight is 427 g/mol. The zero-order valence-corrected chi connectivity index (χ0v) is 18.2. The summed E-state index contributed by atoms with van der Waals surface area (Å²) >= 11 is 3.05. The Labute approximate surface area is 178 Å². The van der Waals surface area contributed by atoms with Gasteiger partial charge in [-0.25, -0.2) is 15.0 Å². The summed E-state index contributed by atoms with van der Waals surface area (Å²) in [5.74, 6) is 1.98. The number of thiophene rings is 1. The maximum absolute atomic E-state index is 13.1. The van der Waals surface area contributed by atoms with Crippen LogP contribution in [0, 0.1) is 6.92 Å². The first-order chi connectivity index (χ1) is 14.0. The lowest BCUT2D eigenvalue weighted by Crippen LogP contribution is -2.28. The Morgan fingerprint density at radius 1 is 1.34 bits per heavy atom. The summed E-state index contributed by atoms with van der Waals surface area (Å²) in [7, 11) is 0. The van der Waals surface area contributed by atoms with Gasteiger partial charge in [-0.3, -0.25) is 4.79 Å². The van der Waals surface area contributed by atoms with Crippen LogP contribution in [0.25, 0.3) is 0 Å². The van der Waals surface area contributed by atoms with Gasteiger partial charge in [0.05, 0.1) is 22.6 Å². The zero-order chi connectivity index (χ0) is 20.4. The van der Waals surface area contributed by atoms with Gasteiger partial charge in [0, 0.05) is 18.0 Å². The number of hydrogen-bond donors (Lipinski definition) is 0. The lowest BCUT2D eigenvalue weighted by molar-refractivity contribution is -0.130. The number of nitrogens with zero attached hydrogens (tertiary/aromatic N) is 4. The third-order valence-electron chi connectivity index (χ3n) is 4.55. The molecular formula is C21H22N4O2S2. The van der Waals surface area contributed by atoms with Crippen LogP contribution in [0.1, 0.15) is 54.4 Å². The Balaban J connectivity index is 1.52. The monoisotopic (exact) mass is 426 g/mol. The minimum Gasteiger partial charge on any atom is -0.467 e. The van der Waals surface area contributed by atoms with E-state index in [2.05, 4.69) is 28.9 Å². The molecule has 0 aromatic carbocycles. The summed E-state index contributed by atoms with van der Waals surface area (Å²) in [6, 6.07) is 9.46. The largest absolute Gasteiger partial charge is 0.467 e. The van der Waals surface area contributed by atoms with Crippen LogP contribution in [0.15, 0.2) is 56.5 Å². The highest BCUT2D eigenvalue weighted by Crippen LogP contribution is 2.34. The van der Waals surface area contributed by atoms with E-state index in [4.69, 9.17) is 4.42 Å². The third kappa shape index (κ3) is 4.43. The molecule has 0 fully saturated rings. The number of aromatic nitrogens is 2. The van der Waals surface area contributed by atoms with E-state index in [1.807, 2.05) is 42.6 Å². The minimum atomic E-state index is -0.214. The molecule has 0 unspecified atom stereocenters. The molecule has 29 heavy (non-hydrogen) atoms. The van der Waals surface area contributed by atoms with Crippen LogP contribution in [0.3, 0.4) is 0 Å². The summed E-state index contributed by atoms with van der Waals surface area (Å²) in [6.07, 6.45) is 2.28. The lowest BCUT2D eigenvalue weighted by atomic mass is 10.1. The minimum absolute atomic E-state index is 0.0645. The molecule has 0 radical (unpaired) electrons. The van der Waals surface area contributed by atoms with E-state index in [0.717, 1.165) is 32.9 Å². The van der Waals surface area contributed by atoms with Gasteiger partial charge in [-0.15, -0.1) is 11.3 Å². The van der Waals surface area contributed by atoms with Gasteiger partial charge in [0.2, 0.25) is 0 Å². The van der Waals surface area contributed by atoms with Crippen LogP contribution in [-0.2, 0) is 4.79 Å².